The second-order valence-electron chi connectivity index (χ2n) is 6.60. The molecule has 0 radical (unpaired) electrons. The van der Waals surface area contributed by atoms with Gasteiger partial charge in [-0.3, -0.25) is 9.59 Å². The molecule has 0 fully saturated rings. The summed E-state index contributed by atoms with van der Waals surface area (Å²) < 4.78 is 10.7. The van der Waals surface area contributed by atoms with Gasteiger partial charge in [0.1, 0.15) is 13.2 Å². The molecule has 0 aliphatic heterocycles. The fourth-order valence-corrected chi connectivity index (χ4v) is 2.23. The van der Waals surface area contributed by atoms with Crippen LogP contribution in [-0.4, -0.2) is 11.9 Å². The summed E-state index contributed by atoms with van der Waals surface area (Å²) in [6.07, 6.45) is 0. The monoisotopic (exact) mass is 340 g/mol. The Balaban J connectivity index is 1.89. The van der Waals surface area contributed by atoms with Crippen molar-refractivity contribution in [1.29, 1.82) is 0 Å². The molecular formula is C21H24O4. The predicted molar refractivity (Wildman–Crippen MR) is 95.4 cm³/mol. The van der Waals surface area contributed by atoms with Crippen molar-refractivity contribution < 1.29 is 19.1 Å². The summed E-state index contributed by atoms with van der Waals surface area (Å²) in [6.45, 7) is 5.48. The van der Waals surface area contributed by atoms with Crippen molar-refractivity contribution in [1.82, 2.24) is 0 Å². The second kappa shape index (κ2) is 8.47. The van der Waals surface area contributed by atoms with Crippen molar-refractivity contribution in [2.45, 2.75) is 34.0 Å². The van der Waals surface area contributed by atoms with Gasteiger partial charge in [0.15, 0.2) is 0 Å². The van der Waals surface area contributed by atoms with Gasteiger partial charge < -0.3 is 9.47 Å². The van der Waals surface area contributed by atoms with E-state index in [4.69, 9.17) is 9.47 Å². The Morgan fingerprint density at radius 1 is 0.840 bits per heavy atom. The van der Waals surface area contributed by atoms with Gasteiger partial charge in [0.2, 0.25) is 0 Å². The van der Waals surface area contributed by atoms with Crippen LogP contribution in [0.1, 0.15) is 31.9 Å². The van der Waals surface area contributed by atoms with Gasteiger partial charge in [-0.2, -0.15) is 0 Å². The zero-order valence-corrected chi connectivity index (χ0v) is 14.9. The van der Waals surface area contributed by atoms with Crippen molar-refractivity contribution in [3.63, 3.8) is 0 Å². The summed E-state index contributed by atoms with van der Waals surface area (Å²) in [7, 11) is 0. The predicted octanol–water partition coefficient (Wildman–Crippen LogP) is 4.14. The van der Waals surface area contributed by atoms with E-state index in [0.29, 0.717) is 0 Å². The minimum atomic E-state index is -0.970. The van der Waals surface area contributed by atoms with Gasteiger partial charge in [-0.15, -0.1) is 0 Å². The van der Waals surface area contributed by atoms with Crippen LogP contribution >= 0.6 is 0 Å². The molecule has 2 aromatic carbocycles. The molecule has 4 heteroatoms. The maximum atomic E-state index is 12.4. The largest absolute Gasteiger partial charge is 0.461 e. The lowest BCUT2D eigenvalue weighted by molar-refractivity contribution is -0.168. The average molecular weight is 340 g/mol. The number of carbonyl (C=O) groups excluding carboxylic acids is 2. The number of hydrogen-bond donors (Lipinski definition) is 0. The summed E-state index contributed by atoms with van der Waals surface area (Å²) in [5, 5.41) is 0. The first-order valence-corrected chi connectivity index (χ1v) is 8.33. The first kappa shape index (κ1) is 18.7. The number of carbonyl (C=O) groups is 2. The van der Waals surface area contributed by atoms with Crippen LogP contribution in [0.25, 0.3) is 0 Å². The molecule has 0 saturated heterocycles. The molecule has 25 heavy (non-hydrogen) atoms. The van der Waals surface area contributed by atoms with Crippen LogP contribution in [0.3, 0.4) is 0 Å². The lowest BCUT2D eigenvalue weighted by Crippen LogP contribution is -2.38. The number of rotatable bonds is 7. The van der Waals surface area contributed by atoms with Crippen LogP contribution < -0.4 is 0 Å². The molecule has 0 aliphatic carbocycles. The zero-order chi connectivity index (χ0) is 18.3. The summed E-state index contributed by atoms with van der Waals surface area (Å²) >= 11 is 0. The topological polar surface area (TPSA) is 52.6 Å². The van der Waals surface area contributed by atoms with Gasteiger partial charge in [-0.05, 0) is 25.0 Å². The molecule has 0 spiro atoms. The molecule has 0 N–H and O–H groups in total. The normalized spacial score (nSPS) is 12.3. The number of hydrogen-bond acceptors (Lipinski definition) is 4. The van der Waals surface area contributed by atoms with Gasteiger partial charge in [0, 0.05) is 0 Å². The molecule has 0 amide bonds. The third kappa shape index (κ3) is 5.18. The van der Waals surface area contributed by atoms with E-state index >= 15 is 0 Å². The number of esters is 2. The van der Waals surface area contributed by atoms with E-state index in [1.54, 1.807) is 20.8 Å². The van der Waals surface area contributed by atoms with E-state index in [9.17, 15) is 9.59 Å². The molecule has 2 rings (SSSR count). The molecule has 2 aromatic rings. The molecule has 0 bridgehead atoms. The smallest absolute Gasteiger partial charge is 0.312 e. The molecule has 4 nitrogen and oxygen atoms in total. The molecule has 132 valence electrons. The molecule has 1 atom stereocenters. The Labute approximate surface area is 148 Å². The molecule has 0 saturated carbocycles. The Morgan fingerprint density at radius 3 is 1.76 bits per heavy atom. The van der Waals surface area contributed by atoms with E-state index in [1.807, 2.05) is 60.7 Å². The number of ether oxygens (including phenoxy) is 2. The van der Waals surface area contributed by atoms with Crippen molar-refractivity contribution in [3.8, 4) is 0 Å². The fourth-order valence-electron chi connectivity index (χ4n) is 2.23. The van der Waals surface area contributed by atoms with Gasteiger partial charge >= 0.3 is 11.9 Å². The average Bonchev–Trinajstić information content (AvgIpc) is 2.65. The van der Waals surface area contributed by atoms with Crippen LogP contribution in [-0.2, 0) is 32.3 Å². The third-order valence-corrected chi connectivity index (χ3v) is 4.40. The highest BCUT2D eigenvalue weighted by Gasteiger charge is 2.40. The fraction of sp³-hybridized carbons (Fsp3) is 0.333. The minimum Gasteiger partial charge on any atom is -0.461 e. The summed E-state index contributed by atoms with van der Waals surface area (Å²) in [4.78, 5) is 24.7. The lowest BCUT2D eigenvalue weighted by Gasteiger charge is -2.28. The highest BCUT2D eigenvalue weighted by Crippen LogP contribution is 2.30. The summed E-state index contributed by atoms with van der Waals surface area (Å²) in [5.74, 6) is -1.44. The Kier molecular flexibility index (Phi) is 6.34. The van der Waals surface area contributed by atoms with Crippen LogP contribution in [0.4, 0.5) is 0 Å². The van der Waals surface area contributed by atoms with Crippen LogP contribution in [0.5, 0.6) is 0 Å². The Hall–Kier alpha value is -2.62. The standard InChI is InChI=1S/C21H24O4/c1-16(19(22)24-14-17-10-6-4-7-11-17)21(2,3)20(23)25-15-18-12-8-5-9-13-18/h4-13,16H,14-15H2,1-3H3/t16-/m0/s1. The van der Waals surface area contributed by atoms with E-state index in [1.165, 1.54) is 0 Å². The van der Waals surface area contributed by atoms with Crippen molar-refractivity contribution >= 4 is 11.9 Å². The highest BCUT2D eigenvalue weighted by molar-refractivity contribution is 5.84. The van der Waals surface area contributed by atoms with Gasteiger partial charge in [0.25, 0.3) is 0 Å². The molecule has 0 aliphatic rings. The van der Waals surface area contributed by atoms with Crippen molar-refractivity contribution in [2.75, 3.05) is 0 Å². The maximum Gasteiger partial charge on any atom is 0.312 e. The van der Waals surface area contributed by atoms with Gasteiger partial charge in [-0.25, -0.2) is 0 Å². The van der Waals surface area contributed by atoms with Crippen LogP contribution in [0.15, 0.2) is 60.7 Å². The number of benzene rings is 2. The first-order chi connectivity index (χ1) is 11.9. The lowest BCUT2D eigenvalue weighted by atomic mass is 9.80. The first-order valence-electron chi connectivity index (χ1n) is 8.33. The SMILES string of the molecule is C[C@@H](C(=O)OCc1ccccc1)C(C)(C)C(=O)OCc1ccccc1. The van der Waals surface area contributed by atoms with E-state index in [0.717, 1.165) is 11.1 Å². The molecular weight excluding hydrogens is 316 g/mol. The summed E-state index contributed by atoms with van der Waals surface area (Å²) in [5.41, 5.74) is 0.848. The Bertz CT molecular complexity index is 692. The zero-order valence-electron chi connectivity index (χ0n) is 14.9. The van der Waals surface area contributed by atoms with E-state index in [-0.39, 0.29) is 13.2 Å². The molecule has 0 heterocycles. The maximum absolute atomic E-state index is 12.4. The highest BCUT2D eigenvalue weighted by atomic mass is 16.5. The minimum absolute atomic E-state index is 0.189. The summed E-state index contributed by atoms with van der Waals surface area (Å²) in [6, 6.07) is 18.9. The van der Waals surface area contributed by atoms with Crippen LogP contribution in [0.2, 0.25) is 0 Å². The Morgan fingerprint density at radius 2 is 1.28 bits per heavy atom. The van der Waals surface area contributed by atoms with Crippen LogP contribution in [0, 0.1) is 11.3 Å². The van der Waals surface area contributed by atoms with E-state index < -0.39 is 23.3 Å². The van der Waals surface area contributed by atoms with Gasteiger partial charge in [0.05, 0.1) is 11.3 Å². The molecule has 0 aromatic heterocycles. The van der Waals surface area contributed by atoms with Crippen molar-refractivity contribution in [2.24, 2.45) is 11.3 Å². The van der Waals surface area contributed by atoms with E-state index in [2.05, 4.69) is 0 Å². The van der Waals surface area contributed by atoms with Gasteiger partial charge in [-0.1, -0.05) is 67.6 Å². The van der Waals surface area contributed by atoms with Crippen molar-refractivity contribution in [3.05, 3.63) is 71.8 Å². The second-order valence-corrected chi connectivity index (χ2v) is 6.60. The quantitative estimate of drug-likeness (QED) is 0.711. The third-order valence-electron chi connectivity index (χ3n) is 4.40. The molecule has 0 unspecified atom stereocenters.